The van der Waals surface area contributed by atoms with E-state index in [0.29, 0.717) is 24.0 Å². The van der Waals surface area contributed by atoms with Crippen LogP contribution in [0.25, 0.3) is 0 Å². The number of methoxy groups -OCH3 is 1. The van der Waals surface area contributed by atoms with Gasteiger partial charge in [-0.05, 0) is 43.7 Å². The molecule has 130 valence electrons. The van der Waals surface area contributed by atoms with E-state index < -0.39 is 0 Å². The molecule has 2 fully saturated rings. The molecule has 0 unspecified atom stereocenters. The number of rotatable bonds is 5. The predicted octanol–water partition coefficient (Wildman–Crippen LogP) is 2.16. The lowest BCUT2D eigenvalue weighted by molar-refractivity contribution is 0.178. The zero-order valence-electron chi connectivity index (χ0n) is 14.6. The van der Waals surface area contributed by atoms with Crippen LogP contribution in [0.2, 0.25) is 0 Å². The predicted molar refractivity (Wildman–Crippen MR) is 92.0 cm³/mol. The zero-order valence-corrected chi connectivity index (χ0v) is 14.6. The molecule has 3 heterocycles. The molecule has 7 heteroatoms. The average molecular weight is 338 g/mol. The van der Waals surface area contributed by atoms with E-state index in [2.05, 4.69) is 31.1 Å². The van der Waals surface area contributed by atoms with Crippen LogP contribution in [0.1, 0.15) is 41.7 Å². The number of nitriles is 1. The SMILES string of the molecule is COCc1nc([C@H]2CN(c3ccc(C#N)c(C)n3)C[C@@H]2C2CC2)n[nH]1. The van der Waals surface area contributed by atoms with Crippen LogP contribution in [-0.4, -0.2) is 40.4 Å². The molecule has 0 amide bonds. The molecule has 0 radical (unpaired) electrons. The van der Waals surface area contributed by atoms with Crippen molar-refractivity contribution in [2.45, 2.75) is 32.3 Å². The molecule has 2 atom stereocenters. The number of anilines is 1. The van der Waals surface area contributed by atoms with E-state index in [9.17, 15) is 0 Å². The Balaban J connectivity index is 1.58. The maximum atomic E-state index is 9.10. The number of aromatic amines is 1. The van der Waals surface area contributed by atoms with Crippen molar-refractivity contribution in [2.75, 3.05) is 25.1 Å². The second-order valence-corrected chi connectivity index (χ2v) is 7.00. The molecule has 7 nitrogen and oxygen atoms in total. The molecule has 4 rings (SSSR count). The van der Waals surface area contributed by atoms with Crippen LogP contribution in [0.4, 0.5) is 5.82 Å². The summed E-state index contributed by atoms with van der Waals surface area (Å²) in [6, 6.07) is 5.99. The molecule has 2 aliphatic rings. The quantitative estimate of drug-likeness (QED) is 0.898. The monoisotopic (exact) mass is 338 g/mol. The lowest BCUT2D eigenvalue weighted by Gasteiger charge is -2.18. The standard InChI is InChI=1S/C18H22N6O/c1-11-13(7-19)5-6-17(20-11)24-8-14(12-3-4-12)15(9-24)18-21-16(10-25-2)22-23-18/h5-6,12,14-15H,3-4,8-10H2,1-2H3,(H,21,22,23)/t14-,15+/m1/s1. The van der Waals surface area contributed by atoms with Crippen molar-refractivity contribution in [3.05, 3.63) is 35.0 Å². The minimum atomic E-state index is 0.312. The normalized spacial score (nSPS) is 23.0. The van der Waals surface area contributed by atoms with Gasteiger partial charge in [0.25, 0.3) is 0 Å². The molecule has 0 spiro atoms. The van der Waals surface area contributed by atoms with Crippen LogP contribution >= 0.6 is 0 Å². The number of hydrogen-bond acceptors (Lipinski definition) is 6. The van der Waals surface area contributed by atoms with Gasteiger partial charge in [0.1, 0.15) is 18.5 Å². The van der Waals surface area contributed by atoms with Crippen LogP contribution in [0.5, 0.6) is 0 Å². The third kappa shape index (κ3) is 3.10. The summed E-state index contributed by atoms with van der Waals surface area (Å²) in [5.74, 6) is 4.24. The average Bonchev–Trinajstić information content (AvgIpc) is 3.19. The molecule has 1 aliphatic carbocycles. The van der Waals surface area contributed by atoms with Gasteiger partial charge < -0.3 is 9.64 Å². The summed E-state index contributed by atoms with van der Waals surface area (Å²) < 4.78 is 5.14. The summed E-state index contributed by atoms with van der Waals surface area (Å²) >= 11 is 0. The number of aryl methyl sites for hydroxylation is 1. The van der Waals surface area contributed by atoms with Gasteiger partial charge in [-0.15, -0.1) is 0 Å². The highest BCUT2D eigenvalue weighted by Crippen LogP contribution is 2.47. The Morgan fingerprint density at radius 2 is 2.16 bits per heavy atom. The molecule has 1 saturated heterocycles. The van der Waals surface area contributed by atoms with Gasteiger partial charge in [0.05, 0.1) is 11.3 Å². The number of nitrogens with one attached hydrogen (secondary N) is 1. The van der Waals surface area contributed by atoms with E-state index in [1.54, 1.807) is 7.11 Å². The Morgan fingerprint density at radius 1 is 1.32 bits per heavy atom. The first kappa shape index (κ1) is 16.0. The summed E-state index contributed by atoms with van der Waals surface area (Å²) in [5.41, 5.74) is 1.42. The second-order valence-electron chi connectivity index (χ2n) is 7.00. The van der Waals surface area contributed by atoms with Crippen LogP contribution in [-0.2, 0) is 11.3 Å². The number of nitrogens with zero attached hydrogens (tertiary/aromatic N) is 5. The number of aromatic nitrogens is 4. The molecule has 1 saturated carbocycles. The van der Waals surface area contributed by atoms with Gasteiger partial charge in [0.15, 0.2) is 11.6 Å². The van der Waals surface area contributed by atoms with Gasteiger partial charge >= 0.3 is 0 Å². The molecule has 0 aromatic carbocycles. The number of pyridine rings is 1. The summed E-state index contributed by atoms with van der Waals surface area (Å²) in [6.45, 7) is 4.18. The molecule has 2 aromatic heterocycles. The molecular formula is C18H22N6O. The van der Waals surface area contributed by atoms with Gasteiger partial charge in [-0.3, -0.25) is 5.10 Å². The largest absolute Gasteiger partial charge is 0.377 e. The van der Waals surface area contributed by atoms with E-state index in [0.717, 1.165) is 42.2 Å². The van der Waals surface area contributed by atoms with Crippen molar-refractivity contribution in [3.8, 4) is 6.07 Å². The Hall–Kier alpha value is -2.46. The summed E-state index contributed by atoms with van der Waals surface area (Å²) in [4.78, 5) is 11.6. The van der Waals surface area contributed by atoms with Crippen molar-refractivity contribution >= 4 is 5.82 Å². The second kappa shape index (κ2) is 6.45. The van der Waals surface area contributed by atoms with Crippen LogP contribution in [0, 0.1) is 30.1 Å². The minimum absolute atomic E-state index is 0.312. The first-order valence-corrected chi connectivity index (χ1v) is 8.72. The summed E-state index contributed by atoms with van der Waals surface area (Å²) in [5, 5.41) is 16.5. The fourth-order valence-corrected chi connectivity index (χ4v) is 3.81. The van der Waals surface area contributed by atoms with Crippen molar-refractivity contribution in [3.63, 3.8) is 0 Å². The highest BCUT2D eigenvalue weighted by Gasteiger charge is 2.45. The number of hydrogen-bond donors (Lipinski definition) is 1. The van der Waals surface area contributed by atoms with E-state index in [4.69, 9.17) is 10.00 Å². The van der Waals surface area contributed by atoms with E-state index in [-0.39, 0.29) is 0 Å². The summed E-state index contributed by atoms with van der Waals surface area (Å²) in [7, 11) is 1.66. The van der Waals surface area contributed by atoms with Crippen molar-refractivity contribution in [1.29, 1.82) is 5.26 Å². The van der Waals surface area contributed by atoms with E-state index in [1.807, 2.05) is 19.1 Å². The first-order valence-electron chi connectivity index (χ1n) is 8.72. The Labute approximate surface area is 147 Å². The Morgan fingerprint density at radius 3 is 2.84 bits per heavy atom. The fraction of sp³-hybridized carbons (Fsp3) is 0.556. The third-order valence-corrected chi connectivity index (χ3v) is 5.27. The Bertz CT molecular complexity index is 806. The highest BCUT2D eigenvalue weighted by atomic mass is 16.5. The molecule has 0 bridgehead atoms. The van der Waals surface area contributed by atoms with Gasteiger partial charge in [-0.25, -0.2) is 9.97 Å². The topological polar surface area (TPSA) is 90.7 Å². The van der Waals surface area contributed by atoms with E-state index in [1.165, 1.54) is 12.8 Å². The Kier molecular flexibility index (Phi) is 4.14. The first-order chi connectivity index (χ1) is 12.2. The molecule has 1 aliphatic heterocycles. The van der Waals surface area contributed by atoms with Gasteiger partial charge in [0.2, 0.25) is 0 Å². The van der Waals surface area contributed by atoms with Crippen LogP contribution in [0.3, 0.4) is 0 Å². The molecule has 1 N–H and O–H groups in total. The van der Waals surface area contributed by atoms with E-state index >= 15 is 0 Å². The van der Waals surface area contributed by atoms with Crippen molar-refractivity contribution in [2.24, 2.45) is 11.8 Å². The van der Waals surface area contributed by atoms with Crippen LogP contribution < -0.4 is 4.90 Å². The number of H-pyrrole nitrogens is 1. The van der Waals surface area contributed by atoms with Gasteiger partial charge in [-0.2, -0.15) is 10.4 Å². The lowest BCUT2D eigenvalue weighted by Crippen LogP contribution is -2.21. The van der Waals surface area contributed by atoms with Crippen molar-refractivity contribution in [1.82, 2.24) is 20.2 Å². The maximum Gasteiger partial charge on any atom is 0.156 e. The van der Waals surface area contributed by atoms with Crippen LogP contribution in [0.15, 0.2) is 12.1 Å². The zero-order chi connectivity index (χ0) is 17.4. The molecule has 2 aromatic rings. The summed E-state index contributed by atoms with van der Waals surface area (Å²) in [6.07, 6.45) is 2.59. The van der Waals surface area contributed by atoms with Gasteiger partial charge in [-0.1, -0.05) is 0 Å². The smallest absolute Gasteiger partial charge is 0.156 e. The van der Waals surface area contributed by atoms with Crippen molar-refractivity contribution < 1.29 is 4.74 Å². The van der Waals surface area contributed by atoms with Gasteiger partial charge in [0, 0.05) is 26.1 Å². The molecular weight excluding hydrogens is 316 g/mol. The highest BCUT2D eigenvalue weighted by molar-refractivity contribution is 5.47. The lowest BCUT2D eigenvalue weighted by atomic mass is 9.91. The number of ether oxygens (including phenoxy) is 1. The maximum absolute atomic E-state index is 9.10. The minimum Gasteiger partial charge on any atom is -0.377 e. The molecule has 25 heavy (non-hydrogen) atoms. The fourth-order valence-electron chi connectivity index (χ4n) is 3.81. The third-order valence-electron chi connectivity index (χ3n) is 5.27.